The summed E-state index contributed by atoms with van der Waals surface area (Å²) in [5, 5.41) is 7.11. The van der Waals surface area contributed by atoms with Gasteiger partial charge < -0.3 is 10.6 Å². The van der Waals surface area contributed by atoms with E-state index in [0.717, 1.165) is 15.4 Å². The molecule has 0 bridgehead atoms. The molecule has 0 fully saturated rings. The lowest BCUT2D eigenvalue weighted by atomic mass is 10.1. The van der Waals surface area contributed by atoms with Crippen molar-refractivity contribution in [1.82, 2.24) is 10.6 Å². The van der Waals surface area contributed by atoms with Crippen LogP contribution in [0.25, 0.3) is 0 Å². The SMILES string of the molecule is O=C(N[C@]1(C(Sc2ccc(Cl)cc2)Sc2ccc(Cl)cc2)N=C(c2ccccc2)NC1=O)c1ccccc1. The molecule has 1 atom stereocenters. The van der Waals surface area contributed by atoms with Gasteiger partial charge in [-0.05, 0) is 60.7 Å². The Labute approximate surface area is 239 Å². The van der Waals surface area contributed by atoms with Gasteiger partial charge in [0.05, 0.1) is 0 Å². The molecule has 38 heavy (non-hydrogen) atoms. The minimum absolute atomic E-state index is 0.391. The molecule has 2 amide bonds. The first-order valence-electron chi connectivity index (χ1n) is 11.6. The van der Waals surface area contributed by atoms with Gasteiger partial charge in [0, 0.05) is 31.0 Å². The van der Waals surface area contributed by atoms with E-state index in [-0.39, 0.29) is 0 Å². The molecule has 1 aliphatic heterocycles. The Bertz CT molecular complexity index is 1420. The van der Waals surface area contributed by atoms with Gasteiger partial charge >= 0.3 is 0 Å². The molecular formula is C29H21Cl2N3O2S2. The summed E-state index contributed by atoms with van der Waals surface area (Å²) in [5.41, 5.74) is -0.467. The maximum Gasteiger partial charge on any atom is 0.276 e. The van der Waals surface area contributed by atoms with Crippen molar-refractivity contribution in [3.8, 4) is 0 Å². The third-order valence-electron chi connectivity index (χ3n) is 5.71. The Kier molecular flexibility index (Phi) is 8.09. The van der Waals surface area contributed by atoms with Gasteiger partial charge in [-0.15, -0.1) is 23.5 Å². The Hall–Kier alpha value is -3.23. The van der Waals surface area contributed by atoms with Gasteiger partial charge in [0.2, 0.25) is 5.66 Å². The summed E-state index contributed by atoms with van der Waals surface area (Å²) in [6, 6.07) is 32.8. The quantitative estimate of drug-likeness (QED) is 0.176. The number of thioether (sulfide) groups is 2. The zero-order chi connectivity index (χ0) is 26.5. The maximum atomic E-state index is 13.9. The summed E-state index contributed by atoms with van der Waals surface area (Å²) >= 11 is 15.1. The number of nitrogens with zero attached hydrogens (tertiary/aromatic N) is 1. The average molecular weight is 579 g/mol. The van der Waals surface area contributed by atoms with Crippen LogP contribution in [0.5, 0.6) is 0 Å². The van der Waals surface area contributed by atoms with Crippen LogP contribution in [0.1, 0.15) is 15.9 Å². The van der Waals surface area contributed by atoms with Crippen LogP contribution in [0.3, 0.4) is 0 Å². The molecule has 2 N–H and O–H groups in total. The standard InChI is InChI=1S/C29H21Cl2N3O2S2/c30-21-11-15-23(16-12-21)37-28(38-24-17-13-22(31)14-18-24)29(34-26(35)20-9-5-2-6-10-20)27(36)32-25(33-29)19-7-3-1-4-8-19/h1-18,28H,(H,34,35)(H,32,33,36)/t29-/m1/s1. The van der Waals surface area contributed by atoms with Crippen molar-refractivity contribution in [2.75, 3.05) is 0 Å². The van der Waals surface area contributed by atoms with Gasteiger partial charge in [-0.3, -0.25) is 9.59 Å². The Morgan fingerprint density at radius 3 is 1.79 bits per heavy atom. The molecule has 0 spiro atoms. The first-order valence-corrected chi connectivity index (χ1v) is 14.1. The number of benzene rings is 4. The van der Waals surface area contributed by atoms with Gasteiger partial charge in [-0.1, -0.05) is 71.7 Å². The van der Waals surface area contributed by atoms with E-state index in [2.05, 4.69) is 10.6 Å². The molecule has 0 aromatic heterocycles. The summed E-state index contributed by atoms with van der Waals surface area (Å²) in [7, 11) is 0. The predicted molar refractivity (Wildman–Crippen MR) is 156 cm³/mol. The number of halogens is 2. The van der Waals surface area contributed by atoms with Gasteiger partial charge in [-0.2, -0.15) is 0 Å². The highest BCUT2D eigenvalue weighted by Crippen LogP contribution is 2.44. The smallest absolute Gasteiger partial charge is 0.276 e. The summed E-state index contributed by atoms with van der Waals surface area (Å²) in [5.74, 6) is -0.437. The summed E-state index contributed by atoms with van der Waals surface area (Å²) < 4.78 is -0.598. The molecule has 5 rings (SSSR count). The molecule has 0 unspecified atom stereocenters. The van der Waals surface area contributed by atoms with Crippen LogP contribution >= 0.6 is 46.7 Å². The number of hydrogen-bond donors (Lipinski definition) is 2. The molecule has 1 heterocycles. The van der Waals surface area contributed by atoms with Gasteiger partial charge in [0.25, 0.3) is 11.8 Å². The largest absolute Gasteiger partial charge is 0.318 e. The number of nitrogens with one attached hydrogen (secondary N) is 2. The summed E-state index contributed by atoms with van der Waals surface area (Å²) in [6.07, 6.45) is 0. The molecule has 5 nitrogen and oxygen atoms in total. The van der Waals surface area contributed by atoms with E-state index in [1.54, 1.807) is 48.5 Å². The van der Waals surface area contributed by atoms with E-state index in [1.165, 1.54) is 23.5 Å². The lowest BCUT2D eigenvalue weighted by molar-refractivity contribution is -0.124. The minimum Gasteiger partial charge on any atom is -0.318 e. The molecule has 4 aromatic carbocycles. The van der Waals surface area contributed by atoms with E-state index in [1.807, 2.05) is 60.7 Å². The molecule has 0 saturated heterocycles. The van der Waals surface area contributed by atoms with Crippen LogP contribution < -0.4 is 10.6 Å². The van der Waals surface area contributed by atoms with Crippen molar-refractivity contribution in [3.63, 3.8) is 0 Å². The van der Waals surface area contributed by atoms with E-state index >= 15 is 0 Å². The monoisotopic (exact) mass is 577 g/mol. The predicted octanol–water partition coefficient (Wildman–Crippen LogP) is 6.91. The normalized spacial score (nSPS) is 16.7. The number of amides is 2. The number of hydrogen-bond acceptors (Lipinski definition) is 5. The van der Waals surface area contributed by atoms with E-state index in [4.69, 9.17) is 28.2 Å². The maximum absolute atomic E-state index is 13.9. The Balaban J connectivity index is 1.61. The van der Waals surface area contributed by atoms with Crippen LogP contribution in [0.2, 0.25) is 10.0 Å². The lowest BCUT2D eigenvalue weighted by Gasteiger charge is -2.32. The third-order valence-corrected chi connectivity index (χ3v) is 8.99. The number of rotatable bonds is 8. The number of carbonyl (C=O) groups excluding carboxylic acids is 2. The van der Waals surface area contributed by atoms with Crippen molar-refractivity contribution in [1.29, 1.82) is 0 Å². The van der Waals surface area contributed by atoms with Crippen molar-refractivity contribution < 1.29 is 9.59 Å². The van der Waals surface area contributed by atoms with Gasteiger partial charge in [0.1, 0.15) is 10.4 Å². The molecular weight excluding hydrogens is 557 g/mol. The molecule has 9 heteroatoms. The van der Waals surface area contributed by atoms with Crippen molar-refractivity contribution in [2.45, 2.75) is 20.0 Å². The Morgan fingerprint density at radius 2 is 1.26 bits per heavy atom. The number of aliphatic imine (C=N–C) groups is 1. The van der Waals surface area contributed by atoms with E-state index < -0.39 is 22.1 Å². The first kappa shape index (κ1) is 26.4. The molecule has 0 saturated carbocycles. The summed E-state index contributed by atoms with van der Waals surface area (Å²) in [6.45, 7) is 0. The van der Waals surface area contributed by atoms with Crippen LogP contribution in [-0.4, -0.2) is 27.9 Å². The highest BCUT2D eigenvalue weighted by atomic mass is 35.5. The zero-order valence-corrected chi connectivity index (χ0v) is 23.0. The number of amidine groups is 1. The fourth-order valence-electron chi connectivity index (χ4n) is 3.80. The molecule has 4 aromatic rings. The van der Waals surface area contributed by atoms with Crippen LogP contribution in [0.15, 0.2) is 124 Å². The topological polar surface area (TPSA) is 70.6 Å². The Morgan fingerprint density at radius 1 is 0.763 bits per heavy atom. The van der Waals surface area contributed by atoms with E-state index in [0.29, 0.717) is 21.4 Å². The van der Waals surface area contributed by atoms with Crippen molar-refractivity contribution in [2.24, 2.45) is 4.99 Å². The molecule has 1 aliphatic rings. The highest BCUT2D eigenvalue weighted by molar-refractivity contribution is 8.17. The van der Waals surface area contributed by atoms with Gasteiger partial charge in [-0.25, -0.2) is 4.99 Å². The fraction of sp³-hybridized carbons (Fsp3) is 0.0690. The second kappa shape index (κ2) is 11.7. The first-order chi connectivity index (χ1) is 18.4. The third kappa shape index (κ3) is 5.92. The zero-order valence-electron chi connectivity index (χ0n) is 19.8. The van der Waals surface area contributed by atoms with Gasteiger partial charge in [0.15, 0.2) is 0 Å². The van der Waals surface area contributed by atoms with Crippen molar-refractivity contribution in [3.05, 3.63) is 130 Å². The van der Waals surface area contributed by atoms with Crippen LogP contribution in [-0.2, 0) is 4.79 Å². The lowest BCUT2D eigenvalue weighted by Crippen LogP contribution is -2.59. The molecule has 0 radical (unpaired) electrons. The molecule has 190 valence electrons. The number of carbonyl (C=O) groups is 2. The van der Waals surface area contributed by atoms with Crippen molar-refractivity contribution >= 4 is 64.4 Å². The minimum atomic E-state index is -1.63. The second-order valence-electron chi connectivity index (χ2n) is 8.34. The molecule has 0 aliphatic carbocycles. The highest BCUT2D eigenvalue weighted by Gasteiger charge is 2.52. The van der Waals surface area contributed by atoms with Crippen LogP contribution in [0, 0.1) is 0 Å². The van der Waals surface area contributed by atoms with Crippen LogP contribution in [0.4, 0.5) is 0 Å². The fourth-order valence-corrected chi connectivity index (χ4v) is 6.77. The second-order valence-corrected chi connectivity index (χ2v) is 11.9. The van der Waals surface area contributed by atoms with E-state index in [9.17, 15) is 9.59 Å². The summed E-state index contributed by atoms with van der Waals surface area (Å²) in [4.78, 5) is 34.0. The average Bonchev–Trinajstić information content (AvgIpc) is 3.28.